The molecule has 20 heavy (non-hydrogen) atoms. The Hall–Kier alpha value is -0.336. The van der Waals surface area contributed by atoms with E-state index in [1.54, 1.807) is 0 Å². The number of aliphatic carboxylic acids is 1. The Bertz CT molecular complexity index is 296. The van der Waals surface area contributed by atoms with E-state index in [2.05, 4.69) is 40.7 Å². The molecule has 124 valence electrons. The number of rotatable bonds is 0. The molecule has 1 aliphatic rings. The second kappa shape index (κ2) is 16.7. The van der Waals surface area contributed by atoms with Crippen molar-refractivity contribution in [3.05, 3.63) is 59.9 Å². The van der Waals surface area contributed by atoms with Gasteiger partial charge in [0.1, 0.15) is 0 Å². The molecule has 0 spiro atoms. The Morgan fingerprint density at radius 1 is 1.00 bits per heavy atom. The summed E-state index contributed by atoms with van der Waals surface area (Å²) in [5.41, 5.74) is 4.39. The third-order valence-electron chi connectivity index (χ3n) is 2.56. The maximum atomic E-state index is 9.00. The second-order valence-electron chi connectivity index (χ2n) is 4.14. The third-order valence-corrected chi connectivity index (χ3v) is 2.56. The molecule has 0 saturated carbocycles. The molecule has 0 unspecified atom stereocenters. The van der Waals surface area contributed by atoms with Crippen molar-refractivity contribution in [1.82, 2.24) is 0 Å². The molecule has 0 aromatic rings. The SMILES string of the molecule is CC(=O)O.CC1=[C-]C(C)(C)C(C)=C1C.[CH3-].[CH3-].[CH3-].[CH3-].[CH3-].[Ti]. The molecule has 0 atom stereocenters. The Morgan fingerprint density at radius 2 is 1.25 bits per heavy atom. The molecule has 0 radical (unpaired) electrons. The van der Waals surface area contributed by atoms with E-state index in [9.17, 15) is 0 Å². The third kappa shape index (κ3) is 14.1. The molecule has 0 heterocycles. The number of allylic oxidation sites excluding steroid dienone is 4. The summed E-state index contributed by atoms with van der Waals surface area (Å²) in [6.07, 6.45) is 3.44. The van der Waals surface area contributed by atoms with Crippen molar-refractivity contribution in [2.45, 2.75) is 41.5 Å². The molecule has 0 bridgehead atoms. The summed E-state index contributed by atoms with van der Waals surface area (Å²) in [7, 11) is 0. The Kier molecular flexibility index (Phi) is 35.7. The van der Waals surface area contributed by atoms with Crippen molar-refractivity contribution >= 4 is 5.97 Å². The van der Waals surface area contributed by atoms with Gasteiger partial charge in [-0.2, -0.15) is 11.1 Å². The van der Waals surface area contributed by atoms with E-state index in [1.165, 1.54) is 16.7 Å². The molecule has 0 amide bonds. The van der Waals surface area contributed by atoms with Gasteiger partial charge in [0, 0.05) is 28.6 Å². The second-order valence-corrected chi connectivity index (χ2v) is 4.14. The topological polar surface area (TPSA) is 37.3 Å². The standard InChI is InChI=1S/C10H15.C2H4O2.5CH3.Ti/c1-7-6-10(4,5)9(3)8(7)2;1-2(3)4;;;;;;/h1-5H3;1H3,(H,3,4);5*1H3;/q-1;;5*-1;. The average Bonchev–Trinajstić information content (AvgIpc) is 2.13. The van der Waals surface area contributed by atoms with Crippen molar-refractivity contribution in [3.63, 3.8) is 0 Å². The van der Waals surface area contributed by atoms with Gasteiger partial charge in [0.15, 0.2) is 0 Å². The summed E-state index contributed by atoms with van der Waals surface area (Å²) < 4.78 is 0. The van der Waals surface area contributed by atoms with Crippen LogP contribution in [0.5, 0.6) is 0 Å². The molecule has 1 N–H and O–H groups in total. The van der Waals surface area contributed by atoms with Gasteiger partial charge in [0.2, 0.25) is 0 Å². The molecule has 0 aliphatic heterocycles. The van der Waals surface area contributed by atoms with Crippen molar-refractivity contribution in [2.75, 3.05) is 0 Å². The van der Waals surface area contributed by atoms with Gasteiger partial charge in [0.05, 0.1) is 0 Å². The molecule has 1 rings (SSSR count). The van der Waals surface area contributed by atoms with Gasteiger partial charge in [-0.15, -0.1) is 6.92 Å². The number of hydrogen-bond acceptors (Lipinski definition) is 1. The number of hydrogen-bond donors (Lipinski definition) is 1. The van der Waals surface area contributed by atoms with Gasteiger partial charge in [-0.1, -0.05) is 33.1 Å². The summed E-state index contributed by atoms with van der Waals surface area (Å²) in [5, 5.41) is 7.42. The predicted octanol–water partition coefficient (Wildman–Crippen LogP) is 5.45. The first-order valence-electron chi connectivity index (χ1n) is 4.68. The Morgan fingerprint density at radius 3 is 1.30 bits per heavy atom. The van der Waals surface area contributed by atoms with Crippen LogP contribution in [-0.2, 0) is 26.5 Å². The van der Waals surface area contributed by atoms with Gasteiger partial charge >= 0.3 is 0 Å². The number of carboxylic acid groups (broad SMARTS) is 1. The maximum Gasteiger partial charge on any atom is 0.300 e. The van der Waals surface area contributed by atoms with E-state index in [4.69, 9.17) is 9.90 Å². The average molecular weight is 318 g/mol. The van der Waals surface area contributed by atoms with Gasteiger partial charge in [-0.25, -0.2) is 5.57 Å². The Labute approximate surface area is 144 Å². The minimum atomic E-state index is -0.833. The van der Waals surface area contributed by atoms with Gasteiger partial charge in [-0.3, -0.25) is 10.9 Å². The van der Waals surface area contributed by atoms with E-state index in [0.29, 0.717) is 0 Å². The zero-order valence-corrected chi connectivity index (χ0v) is 16.9. The van der Waals surface area contributed by atoms with Crippen molar-refractivity contribution in [2.24, 2.45) is 5.41 Å². The van der Waals surface area contributed by atoms with Crippen LogP contribution in [0.1, 0.15) is 41.5 Å². The van der Waals surface area contributed by atoms with Gasteiger partial charge in [0.25, 0.3) is 5.97 Å². The number of carbonyl (C=O) groups is 1. The number of carboxylic acids is 1. The van der Waals surface area contributed by atoms with Crippen LogP contribution < -0.4 is 0 Å². The predicted molar refractivity (Wildman–Crippen MR) is 90.0 cm³/mol. The summed E-state index contributed by atoms with van der Waals surface area (Å²) in [6.45, 7) is 12.0. The molecule has 3 heteroatoms. The quantitative estimate of drug-likeness (QED) is 0.476. The fourth-order valence-corrected chi connectivity index (χ4v) is 1.41. The van der Waals surface area contributed by atoms with Crippen LogP contribution in [0, 0.1) is 48.6 Å². The van der Waals surface area contributed by atoms with Crippen molar-refractivity contribution in [3.8, 4) is 0 Å². The minimum absolute atomic E-state index is 0. The van der Waals surface area contributed by atoms with Crippen LogP contribution in [0.2, 0.25) is 0 Å². The largest absolute Gasteiger partial charge is 0.481 e. The molecule has 0 aromatic carbocycles. The molecule has 0 aromatic heterocycles. The zero-order valence-electron chi connectivity index (χ0n) is 15.4. The first-order chi connectivity index (χ1) is 6.18. The summed E-state index contributed by atoms with van der Waals surface area (Å²) in [5.74, 6) is -0.833. The van der Waals surface area contributed by atoms with Crippen molar-refractivity contribution < 1.29 is 31.6 Å². The molecule has 0 fully saturated rings. The van der Waals surface area contributed by atoms with E-state index in [1.807, 2.05) is 0 Å². The van der Waals surface area contributed by atoms with E-state index < -0.39 is 5.97 Å². The van der Waals surface area contributed by atoms with E-state index in [-0.39, 0.29) is 64.3 Å². The summed E-state index contributed by atoms with van der Waals surface area (Å²) in [6, 6.07) is 0. The summed E-state index contributed by atoms with van der Waals surface area (Å²) >= 11 is 0. The van der Waals surface area contributed by atoms with Crippen LogP contribution in [0.15, 0.2) is 16.7 Å². The molecular weight excluding hydrogens is 284 g/mol. The monoisotopic (exact) mass is 318 g/mol. The first kappa shape index (κ1) is 42.7. The Balaban J connectivity index is -0.0000000309. The smallest absolute Gasteiger partial charge is 0.300 e. The van der Waals surface area contributed by atoms with E-state index >= 15 is 0 Å². The fourth-order valence-electron chi connectivity index (χ4n) is 1.41. The van der Waals surface area contributed by atoms with Gasteiger partial charge < -0.3 is 42.2 Å². The van der Waals surface area contributed by atoms with Crippen LogP contribution in [0.3, 0.4) is 0 Å². The minimum Gasteiger partial charge on any atom is -0.481 e. The summed E-state index contributed by atoms with van der Waals surface area (Å²) in [4.78, 5) is 9.00. The first-order valence-corrected chi connectivity index (χ1v) is 4.68. The van der Waals surface area contributed by atoms with Crippen LogP contribution in [0.4, 0.5) is 0 Å². The maximum absolute atomic E-state index is 9.00. The molecule has 1 aliphatic carbocycles. The molecular formula is C17H34O2Ti-6. The fraction of sp³-hybridized carbons (Fsp3) is 0.412. The van der Waals surface area contributed by atoms with Crippen molar-refractivity contribution in [1.29, 1.82) is 0 Å². The normalized spacial score (nSPS) is 13.0. The zero-order chi connectivity index (χ0) is 11.5. The molecule has 2 nitrogen and oxygen atoms in total. The van der Waals surface area contributed by atoms with Crippen LogP contribution >= 0.6 is 0 Å². The van der Waals surface area contributed by atoms with Crippen LogP contribution in [0.25, 0.3) is 0 Å². The molecule has 0 saturated heterocycles. The van der Waals surface area contributed by atoms with Crippen LogP contribution in [-0.4, -0.2) is 11.1 Å². The van der Waals surface area contributed by atoms with Gasteiger partial charge in [-0.05, 0) is 0 Å². The van der Waals surface area contributed by atoms with E-state index in [0.717, 1.165) is 6.92 Å².